The Balaban J connectivity index is 0.859. The van der Waals surface area contributed by atoms with E-state index in [1.165, 1.54) is 0 Å². The van der Waals surface area contributed by atoms with E-state index in [4.69, 9.17) is 14.2 Å². The molecule has 2 fully saturated rings. The Labute approximate surface area is 325 Å². The average Bonchev–Trinajstić information content (AvgIpc) is 3.44. The maximum Gasteiger partial charge on any atom is 0.259 e. The quantitative estimate of drug-likeness (QED) is 0.125. The van der Waals surface area contributed by atoms with E-state index in [1.54, 1.807) is 56.4 Å². The van der Waals surface area contributed by atoms with Gasteiger partial charge in [0.25, 0.3) is 11.5 Å². The Kier molecular flexibility index (Phi) is 11.7. The van der Waals surface area contributed by atoms with Crippen molar-refractivity contribution in [2.45, 2.75) is 82.3 Å². The van der Waals surface area contributed by atoms with Crippen LogP contribution in [0.2, 0.25) is 0 Å². The molecule has 2 aromatic carbocycles. The molecule has 296 valence electrons. The van der Waals surface area contributed by atoms with Gasteiger partial charge in [-0.25, -0.2) is 0 Å². The number of benzene rings is 2. The standard InChI is InChI=1S/C42H50N6O8/c1-46(23-34-36(54-3)19-25(20-37(34)55-4)33-24-47(2)40(51)32-22-43-17-15-29(32)33)18-6-5-16-44-26-7-9-27(10-8-26)56-28-11-12-30-31(21-28)42(53)48(41(30)52)35-13-14-38(49)45-39(35)50/h11-12,15,17,19-22,24,26-27,35,41,44,52H,5-10,13-14,16,18,23H2,1-4H3,(H,45,49,50). The number of carbonyl (C=O) groups is 3. The first kappa shape index (κ1) is 38.9. The molecule has 4 heterocycles. The maximum absolute atomic E-state index is 13.3. The average molecular weight is 767 g/mol. The summed E-state index contributed by atoms with van der Waals surface area (Å²) in [6.45, 7) is 2.48. The molecule has 2 aliphatic heterocycles. The molecule has 2 aromatic heterocycles. The molecule has 7 rings (SSSR count). The van der Waals surface area contributed by atoms with Gasteiger partial charge in [-0.15, -0.1) is 0 Å². The van der Waals surface area contributed by atoms with Gasteiger partial charge in [0.2, 0.25) is 11.8 Å². The van der Waals surface area contributed by atoms with Gasteiger partial charge >= 0.3 is 0 Å². The second-order valence-corrected chi connectivity index (χ2v) is 15.0. The Morgan fingerprint density at radius 3 is 2.41 bits per heavy atom. The number of aliphatic hydroxyl groups is 1. The van der Waals surface area contributed by atoms with E-state index in [2.05, 4.69) is 27.6 Å². The van der Waals surface area contributed by atoms with E-state index in [0.29, 0.717) is 34.8 Å². The molecule has 2 atom stereocenters. The molecule has 0 bridgehead atoms. The molecule has 3 amide bonds. The smallest absolute Gasteiger partial charge is 0.259 e. The lowest BCUT2D eigenvalue weighted by Crippen LogP contribution is -2.53. The summed E-state index contributed by atoms with van der Waals surface area (Å²) in [5, 5.41) is 18.2. The predicted octanol–water partition coefficient (Wildman–Crippen LogP) is 4.06. The SMILES string of the molecule is COc1cc(-c2cn(C)c(=O)c3cnccc23)cc(OC)c1CN(C)CCCCNC1CCC(Oc2ccc3c(c2)C(=O)N(C2CCC(=O)NC2=O)C3O)CC1. The number of aromatic nitrogens is 2. The second kappa shape index (κ2) is 16.8. The van der Waals surface area contributed by atoms with Crippen LogP contribution in [0.1, 0.15) is 79.1 Å². The molecule has 14 heteroatoms. The minimum atomic E-state index is -1.25. The van der Waals surface area contributed by atoms with Gasteiger partial charge in [0.15, 0.2) is 6.23 Å². The third kappa shape index (κ3) is 7.99. The molecule has 2 unspecified atom stereocenters. The summed E-state index contributed by atoms with van der Waals surface area (Å²) in [6.07, 6.45) is 10.0. The van der Waals surface area contributed by atoms with Crippen molar-refractivity contribution >= 4 is 28.5 Å². The fraction of sp³-hybridized carbons (Fsp3) is 0.452. The van der Waals surface area contributed by atoms with Crippen LogP contribution in [0.25, 0.3) is 21.9 Å². The van der Waals surface area contributed by atoms with Crippen molar-refractivity contribution in [2.24, 2.45) is 7.05 Å². The number of carbonyl (C=O) groups excluding carboxylic acids is 3. The number of aryl methyl sites for hydroxylation is 1. The first-order valence-electron chi connectivity index (χ1n) is 19.3. The predicted molar refractivity (Wildman–Crippen MR) is 210 cm³/mol. The highest BCUT2D eigenvalue weighted by molar-refractivity contribution is 6.06. The Morgan fingerprint density at radius 2 is 1.70 bits per heavy atom. The van der Waals surface area contributed by atoms with E-state index in [0.717, 1.165) is 90.1 Å². The van der Waals surface area contributed by atoms with Crippen molar-refractivity contribution in [2.75, 3.05) is 34.4 Å². The zero-order chi connectivity index (χ0) is 39.5. The molecule has 56 heavy (non-hydrogen) atoms. The van der Waals surface area contributed by atoms with E-state index < -0.39 is 24.1 Å². The Morgan fingerprint density at radius 1 is 0.946 bits per heavy atom. The van der Waals surface area contributed by atoms with E-state index >= 15 is 0 Å². The number of amides is 3. The molecular formula is C42H50N6O8. The number of unbranched alkanes of at least 4 members (excludes halogenated alkanes) is 1. The molecule has 1 saturated heterocycles. The summed E-state index contributed by atoms with van der Waals surface area (Å²) in [6, 6.07) is 10.5. The van der Waals surface area contributed by atoms with Crippen molar-refractivity contribution in [1.82, 2.24) is 30.0 Å². The zero-order valence-corrected chi connectivity index (χ0v) is 32.4. The lowest BCUT2D eigenvalue weighted by molar-refractivity contribution is -0.139. The van der Waals surface area contributed by atoms with Crippen molar-refractivity contribution < 1.29 is 33.7 Å². The molecule has 3 aliphatic rings. The van der Waals surface area contributed by atoms with Crippen LogP contribution in [0.15, 0.2) is 59.8 Å². The van der Waals surface area contributed by atoms with Crippen LogP contribution in [-0.4, -0.2) is 94.7 Å². The van der Waals surface area contributed by atoms with Crippen LogP contribution in [0.3, 0.4) is 0 Å². The number of methoxy groups -OCH3 is 2. The highest BCUT2D eigenvalue weighted by Gasteiger charge is 2.44. The molecular weight excluding hydrogens is 716 g/mol. The van der Waals surface area contributed by atoms with E-state index in [-0.39, 0.29) is 30.4 Å². The summed E-state index contributed by atoms with van der Waals surface area (Å²) in [4.78, 5) is 57.6. The van der Waals surface area contributed by atoms with Crippen LogP contribution in [0, 0.1) is 0 Å². The molecule has 1 aliphatic carbocycles. The van der Waals surface area contributed by atoms with Gasteiger partial charge in [-0.05, 0) is 106 Å². The number of nitrogens with zero attached hydrogens (tertiary/aromatic N) is 4. The van der Waals surface area contributed by atoms with Crippen LogP contribution >= 0.6 is 0 Å². The summed E-state index contributed by atoms with van der Waals surface area (Å²) in [5.74, 6) is 0.639. The molecule has 3 N–H and O–H groups in total. The Bertz CT molecular complexity index is 2160. The second-order valence-electron chi connectivity index (χ2n) is 15.0. The van der Waals surface area contributed by atoms with Gasteiger partial charge in [0, 0.05) is 55.8 Å². The number of ether oxygens (including phenoxy) is 3. The Hall–Kier alpha value is -5.31. The van der Waals surface area contributed by atoms with Crippen LogP contribution in [0.5, 0.6) is 17.2 Å². The number of hydrogen-bond donors (Lipinski definition) is 3. The van der Waals surface area contributed by atoms with Crippen LogP contribution in [-0.2, 0) is 23.2 Å². The lowest BCUT2D eigenvalue weighted by atomic mass is 9.92. The molecule has 0 spiro atoms. The number of nitrogens with one attached hydrogen (secondary N) is 2. The number of pyridine rings is 2. The van der Waals surface area contributed by atoms with Gasteiger partial charge in [-0.2, -0.15) is 0 Å². The third-order valence-electron chi connectivity index (χ3n) is 11.3. The molecule has 14 nitrogen and oxygen atoms in total. The highest BCUT2D eigenvalue weighted by atomic mass is 16.5. The van der Waals surface area contributed by atoms with Crippen molar-refractivity contribution in [3.8, 4) is 28.4 Å². The first-order chi connectivity index (χ1) is 27.1. The summed E-state index contributed by atoms with van der Waals surface area (Å²) in [7, 11) is 7.17. The number of piperidine rings is 1. The van der Waals surface area contributed by atoms with E-state index in [1.807, 2.05) is 24.4 Å². The zero-order valence-electron chi connectivity index (χ0n) is 32.4. The summed E-state index contributed by atoms with van der Waals surface area (Å²) < 4.78 is 19.6. The largest absolute Gasteiger partial charge is 0.496 e. The van der Waals surface area contributed by atoms with E-state index in [9.17, 15) is 24.3 Å². The van der Waals surface area contributed by atoms with Crippen LogP contribution < -0.4 is 30.4 Å². The number of imide groups is 1. The van der Waals surface area contributed by atoms with Crippen molar-refractivity contribution in [1.29, 1.82) is 0 Å². The van der Waals surface area contributed by atoms with Gasteiger partial charge in [-0.3, -0.25) is 34.4 Å². The topological polar surface area (TPSA) is 165 Å². The third-order valence-corrected chi connectivity index (χ3v) is 11.3. The first-order valence-corrected chi connectivity index (χ1v) is 19.3. The fourth-order valence-electron chi connectivity index (χ4n) is 8.25. The summed E-state index contributed by atoms with van der Waals surface area (Å²) >= 11 is 0. The summed E-state index contributed by atoms with van der Waals surface area (Å²) in [5.41, 5.74) is 3.42. The normalized spacial score (nSPS) is 21.0. The highest BCUT2D eigenvalue weighted by Crippen LogP contribution is 2.39. The minimum absolute atomic E-state index is 0.0218. The van der Waals surface area contributed by atoms with Crippen LogP contribution in [0.4, 0.5) is 0 Å². The van der Waals surface area contributed by atoms with Crippen molar-refractivity contribution in [3.63, 3.8) is 0 Å². The molecule has 0 radical (unpaired) electrons. The monoisotopic (exact) mass is 766 g/mol. The fourth-order valence-corrected chi connectivity index (χ4v) is 8.25. The van der Waals surface area contributed by atoms with Gasteiger partial charge in [0.05, 0.1) is 36.8 Å². The number of rotatable bonds is 14. The van der Waals surface area contributed by atoms with Crippen molar-refractivity contribution in [3.05, 3.63) is 82.0 Å². The minimum Gasteiger partial charge on any atom is -0.496 e. The van der Waals surface area contributed by atoms with Gasteiger partial charge in [0.1, 0.15) is 23.3 Å². The molecule has 1 saturated carbocycles. The number of hydrogen-bond acceptors (Lipinski definition) is 11. The number of aliphatic hydroxyl groups excluding tert-OH is 1. The number of fused-ring (bicyclic) bond motifs is 2. The maximum atomic E-state index is 13.3. The van der Waals surface area contributed by atoms with Gasteiger partial charge in [-0.1, -0.05) is 6.07 Å². The molecule has 4 aromatic rings. The lowest BCUT2D eigenvalue weighted by Gasteiger charge is -2.31. The van der Waals surface area contributed by atoms with Gasteiger partial charge < -0.3 is 34.1 Å².